The number of likely N-dealkylation sites (N-methyl/N-ethyl adjacent to an activating group) is 1. The van der Waals surface area contributed by atoms with E-state index in [-0.39, 0.29) is 12.1 Å². The normalized spacial score (nSPS) is 14.8. The van der Waals surface area contributed by atoms with Crippen molar-refractivity contribution in [2.75, 3.05) is 33.7 Å². The maximum Gasteiger partial charge on any atom is 0.0497 e. The van der Waals surface area contributed by atoms with E-state index in [1.165, 1.54) is 5.56 Å². The highest BCUT2D eigenvalue weighted by molar-refractivity contribution is 9.10. The van der Waals surface area contributed by atoms with E-state index in [0.717, 1.165) is 30.5 Å². The maximum absolute atomic E-state index is 6.29. The summed E-state index contributed by atoms with van der Waals surface area (Å²) < 4.78 is 1.12. The van der Waals surface area contributed by atoms with Crippen LogP contribution in [0.15, 0.2) is 28.7 Å². The van der Waals surface area contributed by atoms with Crippen molar-refractivity contribution in [3.63, 3.8) is 0 Å². The van der Waals surface area contributed by atoms with Gasteiger partial charge in [-0.1, -0.05) is 35.0 Å². The molecule has 0 saturated heterocycles. The predicted octanol–water partition coefficient (Wildman–Crippen LogP) is 3.11. The molecule has 4 heteroatoms. The first-order chi connectivity index (χ1) is 9.45. The number of benzene rings is 1. The van der Waals surface area contributed by atoms with Crippen molar-refractivity contribution in [1.82, 2.24) is 9.80 Å². The average molecular weight is 342 g/mol. The minimum Gasteiger partial charge on any atom is -0.326 e. The van der Waals surface area contributed by atoms with E-state index in [1.54, 1.807) is 0 Å². The van der Waals surface area contributed by atoms with Crippen LogP contribution in [0.25, 0.3) is 0 Å². The first kappa shape index (κ1) is 17.6. The SMILES string of the molecule is CCCN(CCN(C)C)C(c1cccc(Br)c1)C(C)N. The fourth-order valence-electron chi connectivity index (χ4n) is 2.54. The lowest BCUT2D eigenvalue weighted by Gasteiger charge is -2.35. The average Bonchev–Trinajstić information content (AvgIpc) is 2.35. The Morgan fingerprint density at radius 3 is 2.40 bits per heavy atom. The highest BCUT2D eigenvalue weighted by atomic mass is 79.9. The summed E-state index contributed by atoms with van der Waals surface area (Å²) in [6, 6.07) is 8.89. The summed E-state index contributed by atoms with van der Waals surface area (Å²) in [4.78, 5) is 4.73. The minimum atomic E-state index is 0.109. The first-order valence-corrected chi connectivity index (χ1v) is 8.14. The van der Waals surface area contributed by atoms with Crippen LogP contribution in [0.3, 0.4) is 0 Å². The second-order valence-corrected chi connectivity index (χ2v) is 6.61. The van der Waals surface area contributed by atoms with Gasteiger partial charge >= 0.3 is 0 Å². The fraction of sp³-hybridized carbons (Fsp3) is 0.625. The van der Waals surface area contributed by atoms with E-state index in [9.17, 15) is 0 Å². The Morgan fingerprint density at radius 2 is 1.90 bits per heavy atom. The Morgan fingerprint density at radius 1 is 1.20 bits per heavy atom. The molecular formula is C16H28BrN3. The number of hydrogen-bond donors (Lipinski definition) is 1. The zero-order chi connectivity index (χ0) is 15.1. The summed E-state index contributed by atoms with van der Waals surface area (Å²) in [7, 11) is 4.23. The lowest BCUT2D eigenvalue weighted by molar-refractivity contribution is 0.161. The Balaban J connectivity index is 2.95. The molecule has 1 aromatic carbocycles. The molecule has 1 rings (SSSR count). The Labute approximate surface area is 132 Å². The first-order valence-electron chi connectivity index (χ1n) is 7.35. The highest BCUT2D eigenvalue weighted by Gasteiger charge is 2.23. The number of halogens is 1. The molecule has 0 aliphatic heterocycles. The quantitative estimate of drug-likeness (QED) is 0.788. The van der Waals surface area contributed by atoms with Crippen molar-refractivity contribution < 1.29 is 0 Å². The molecule has 1 aromatic rings. The summed E-state index contributed by atoms with van der Waals surface area (Å²) in [5, 5.41) is 0. The molecule has 0 spiro atoms. The van der Waals surface area contributed by atoms with Gasteiger partial charge in [-0.3, -0.25) is 4.90 Å². The Bertz CT molecular complexity index is 393. The van der Waals surface area contributed by atoms with Gasteiger partial charge < -0.3 is 10.6 Å². The molecule has 2 N–H and O–H groups in total. The van der Waals surface area contributed by atoms with E-state index >= 15 is 0 Å². The molecule has 3 nitrogen and oxygen atoms in total. The van der Waals surface area contributed by atoms with E-state index in [0.29, 0.717) is 0 Å². The highest BCUT2D eigenvalue weighted by Crippen LogP contribution is 2.26. The van der Waals surface area contributed by atoms with Gasteiger partial charge in [0.2, 0.25) is 0 Å². The standard InChI is InChI=1S/C16H28BrN3/c1-5-9-20(11-10-19(3)4)16(13(2)18)14-7-6-8-15(17)12-14/h6-8,12-13,16H,5,9-11,18H2,1-4H3. The van der Waals surface area contributed by atoms with E-state index < -0.39 is 0 Å². The number of rotatable bonds is 8. The van der Waals surface area contributed by atoms with Crippen LogP contribution in [0, 0.1) is 0 Å². The van der Waals surface area contributed by atoms with Gasteiger partial charge in [-0.15, -0.1) is 0 Å². The predicted molar refractivity (Wildman–Crippen MR) is 91.0 cm³/mol. The van der Waals surface area contributed by atoms with E-state index in [1.807, 2.05) is 0 Å². The number of nitrogens with two attached hydrogens (primary N) is 1. The molecule has 2 unspecified atom stereocenters. The zero-order valence-electron chi connectivity index (χ0n) is 13.1. The van der Waals surface area contributed by atoms with Crippen LogP contribution in [-0.4, -0.2) is 49.6 Å². The molecule has 0 fully saturated rings. The van der Waals surface area contributed by atoms with Gasteiger partial charge in [0.15, 0.2) is 0 Å². The molecule has 0 radical (unpaired) electrons. The van der Waals surface area contributed by atoms with Gasteiger partial charge in [-0.2, -0.15) is 0 Å². The summed E-state index contributed by atoms with van der Waals surface area (Å²) in [6.45, 7) is 7.50. The lowest BCUT2D eigenvalue weighted by Crippen LogP contribution is -2.42. The van der Waals surface area contributed by atoms with Crippen LogP contribution in [0.2, 0.25) is 0 Å². The second kappa shape index (κ2) is 8.78. The zero-order valence-corrected chi connectivity index (χ0v) is 14.7. The fourth-order valence-corrected chi connectivity index (χ4v) is 2.96. The van der Waals surface area contributed by atoms with Crippen molar-refractivity contribution in [2.45, 2.75) is 32.4 Å². The Hall–Kier alpha value is -0.420. The van der Waals surface area contributed by atoms with Crippen molar-refractivity contribution in [3.05, 3.63) is 34.3 Å². The van der Waals surface area contributed by atoms with Crippen LogP contribution >= 0.6 is 15.9 Å². The van der Waals surface area contributed by atoms with E-state index in [4.69, 9.17) is 5.73 Å². The molecule has 0 aliphatic rings. The van der Waals surface area contributed by atoms with Gasteiger partial charge in [0.05, 0.1) is 0 Å². The number of nitrogens with zero attached hydrogens (tertiary/aromatic N) is 2. The molecule has 2 atom stereocenters. The molecular weight excluding hydrogens is 314 g/mol. The van der Waals surface area contributed by atoms with Gasteiger partial charge in [0.1, 0.15) is 0 Å². The van der Waals surface area contributed by atoms with Crippen LogP contribution in [0.5, 0.6) is 0 Å². The third-order valence-corrected chi connectivity index (χ3v) is 3.92. The van der Waals surface area contributed by atoms with Crippen molar-refractivity contribution in [3.8, 4) is 0 Å². The third kappa shape index (κ3) is 5.52. The maximum atomic E-state index is 6.29. The summed E-state index contributed by atoms with van der Waals surface area (Å²) in [5.41, 5.74) is 7.58. The smallest absolute Gasteiger partial charge is 0.0497 e. The van der Waals surface area contributed by atoms with Gasteiger partial charge in [0, 0.05) is 29.6 Å². The van der Waals surface area contributed by atoms with Crippen molar-refractivity contribution in [2.24, 2.45) is 5.73 Å². The van der Waals surface area contributed by atoms with E-state index in [2.05, 4.69) is 77.9 Å². The molecule has 0 aromatic heterocycles. The van der Waals surface area contributed by atoms with Gasteiger partial charge in [-0.25, -0.2) is 0 Å². The summed E-state index contributed by atoms with van der Waals surface area (Å²) >= 11 is 3.56. The Kier molecular flexibility index (Phi) is 7.74. The molecule has 0 saturated carbocycles. The van der Waals surface area contributed by atoms with Crippen molar-refractivity contribution in [1.29, 1.82) is 0 Å². The topological polar surface area (TPSA) is 32.5 Å². The van der Waals surface area contributed by atoms with Crippen LogP contribution < -0.4 is 5.73 Å². The van der Waals surface area contributed by atoms with Crippen LogP contribution in [0.1, 0.15) is 31.9 Å². The molecule has 114 valence electrons. The minimum absolute atomic E-state index is 0.109. The molecule has 0 heterocycles. The van der Waals surface area contributed by atoms with Crippen LogP contribution in [-0.2, 0) is 0 Å². The molecule has 0 aliphatic carbocycles. The molecule has 20 heavy (non-hydrogen) atoms. The summed E-state index contributed by atoms with van der Waals surface area (Å²) in [6.07, 6.45) is 1.14. The van der Waals surface area contributed by atoms with Gasteiger partial charge in [0.25, 0.3) is 0 Å². The second-order valence-electron chi connectivity index (χ2n) is 5.70. The van der Waals surface area contributed by atoms with Crippen LogP contribution in [0.4, 0.5) is 0 Å². The number of hydrogen-bond acceptors (Lipinski definition) is 3. The summed E-state index contributed by atoms with van der Waals surface area (Å²) in [5.74, 6) is 0. The largest absolute Gasteiger partial charge is 0.326 e. The lowest BCUT2D eigenvalue weighted by atomic mass is 9.99. The molecule has 0 amide bonds. The van der Waals surface area contributed by atoms with Crippen molar-refractivity contribution >= 4 is 15.9 Å². The van der Waals surface area contributed by atoms with Gasteiger partial charge in [-0.05, 0) is 51.7 Å². The third-order valence-electron chi connectivity index (χ3n) is 3.43. The monoisotopic (exact) mass is 341 g/mol. The molecule has 0 bridgehead atoms.